The number of rotatable bonds is 5. The monoisotopic (exact) mass is 261 g/mol. The Balaban J connectivity index is 2.40. The van der Waals surface area contributed by atoms with Crippen molar-refractivity contribution in [3.8, 4) is 0 Å². The lowest BCUT2D eigenvalue weighted by molar-refractivity contribution is -0.131. The molecule has 1 atom stereocenters. The van der Waals surface area contributed by atoms with Crippen molar-refractivity contribution >= 4 is 28.8 Å². The Bertz CT molecular complexity index is 356. The molecule has 1 rings (SSSR count). The molecule has 6 heteroatoms. The second-order valence-corrected chi connectivity index (χ2v) is 5.26. The van der Waals surface area contributed by atoms with E-state index in [2.05, 4.69) is 10.3 Å². The zero-order chi connectivity index (χ0) is 12.1. The van der Waals surface area contributed by atoms with Crippen LogP contribution in [-0.4, -0.2) is 35.4 Å². The predicted octanol–water partition coefficient (Wildman–Crippen LogP) is 1.75. The number of thiazole rings is 1. The Kier molecular flexibility index (Phi) is 5.18. The molecule has 90 valence electrons. The van der Waals surface area contributed by atoms with E-state index in [1.165, 1.54) is 11.3 Å². The Labute approximate surface area is 105 Å². The Morgan fingerprint density at radius 1 is 1.75 bits per heavy atom. The summed E-state index contributed by atoms with van der Waals surface area (Å²) in [6, 6.07) is -0.201. The molecule has 0 aromatic carbocycles. The van der Waals surface area contributed by atoms with Crippen molar-refractivity contribution in [1.82, 2.24) is 15.2 Å². The maximum atomic E-state index is 11.7. The highest BCUT2D eigenvalue weighted by molar-refractivity contribution is 7.15. The van der Waals surface area contributed by atoms with Crippen molar-refractivity contribution in [2.24, 2.45) is 0 Å². The van der Waals surface area contributed by atoms with Crippen LogP contribution >= 0.6 is 22.9 Å². The minimum Gasteiger partial charge on any atom is -0.345 e. The van der Waals surface area contributed by atoms with Crippen LogP contribution in [0.4, 0.5) is 0 Å². The van der Waals surface area contributed by atoms with Crippen molar-refractivity contribution in [2.75, 3.05) is 13.6 Å². The first-order valence-electron chi connectivity index (χ1n) is 5.13. The van der Waals surface area contributed by atoms with Crippen LogP contribution in [0.15, 0.2) is 6.20 Å². The van der Waals surface area contributed by atoms with Crippen LogP contribution in [-0.2, 0) is 11.3 Å². The standard InChI is InChI=1S/C10H16ClN3OS/c1-4-14(3)10(15)7(2)12-6-9-13-5-8(11)16-9/h5,7,12H,4,6H2,1-3H3. The number of likely N-dealkylation sites (N-methyl/N-ethyl adjacent to an activating group) is 1. The zero-order valence-electron chi connectivity index (χ0n) is 9.66. The van der Waals surface area contributed by atoms with Gasteiger partial charge in [0, 0.05) is 20.1 Å². The van der Waals surface area contributed by atoms with Crippen molar-refractivity contribution in [3.63, 3.8) is 0 Å². The molecule has 1 amide bonds. The molecule has 0 radical (unpaired) electrons. The lowest BCUT2D eigenvalue weighted by Crippen LogP contribution is -2.42. The van der Waals surface area contributed by atoms with Crippen molar-refractivity contribution in [2.45, 2.75) is 26.4 Å². The highest BCUT2D eigenvalue weighted by Crippen LogP contribution is 2.17. The van der Waals surface area contributed by atoms with E-state index < -0.39 is 0 Å². The number of halogens is 1. The van der Waals surface area contributed by atoms with Gasteiger partial charge in [-0.15, -0.1) is 11.3 Å². The normalized spacial score (nSPS) is 12.5. The molecule has 1 heterocycles. The van der Waals surface area contributed by atoms with Crippen molar-refractivity contribution in [1.29, 1.82) is 0 Å². The van der Waals surface area contributed by atoms with Crippen LogP contribution in [0.5, 0.6) is 0 Å². The number of aromatic nitrogens is 1. The second-order valence-electron chi connectivity index (χ2n) is 3.51. The minimum absolute atomic E-state index is 0.0881. The SMILES string of the molecule is CCN(C)C(=O)C(C)NCc1ncc(Cl)s1. The fourth-order valence-electron chi connectivity index (χ4n) is 1.18. The third-order valence-corrected chi connectivity index (χ3v) is 3.42. The molecule has 0 spiro atoms. The van der Waals surface area contributed by atoms with Crippen LogP contribution in [0, 0.1) is 0 Å². The lowest BCUT2D eigenvalue weighted by Gasteiger charge is -2.20. The summed E-state index contributed by atoms with van der Waals surface area (Å²) in [5, 5.41) is 4.02. The summed E-state index contributed by atoms with van der Waals surface area (Å²) in [4.78, 5) is 17.5. The van der Waals surface area contributed by atoms with Gasteiger partial charge in [0.05, 0.1) is 12.2 Å². The first kappa shape index (κ1) is 13.4. The average molecular weight is 262 g/mol. The number of hydrogen-bond acceptors (Lipinski definition) is 4. The quantitative estimate of drug-likeness (QED) is 0.878. The van der Waals surface area contributed by atoms with Crippen LogP contribution < -0.4 is 5.32 Å². The largest absolute Gasteiger partial charge is 0.345 e. The van der Waals surface area contributed by atoms with Gasteiger partial charge in [-0.25, -0.2) is 4.98 Å². The van der Waals surface area contributed by atoms with Gasteiger partial charge in [-0.05, 0) is 13.8 Å². The number of hydrogen-bond donors (Lipinski definition) is 1. The fraction of sp³-hybridized carbons (Fsp3) is 0.600. The number of amides is 1. The molecular weight excluding hydrogens is 246 g/mol. The van der Waals surface area contributed by atoms with Gasteiger partial charge in [-0.2, -0.15) is 0 Å². The summed E-state index contributed by atoms with van der Waals surface area (Å²) in [6.45, 7) is 5.09. The average Bonchev–Trinajstić information content (AvgIpc) is 2.69. The second kappa shape index (κ2) is 6.18. The number of nitrogens with zero attached hydrogens (tertiary/aromatic N) is 2. The third kappa shape index (κ3) is 3.73. The topological polar surface area (TPSA) is 45.2 Å². The van der Waals surface area contributed by atoms with E-state index in [0.29, 0.717) is 17.4 Å². The summed E-state index contributed by atoms with van der Waals surface area (Å²) in [5.41, 5.74) is 0. The molecule has 1 aromatic heterocycles. The van der Waals surface area contributed by atoms with Gasteiger partial charge in [0.25, 0.3) is 0 Å². The summed E-state index contributed by atoms with van der Waals surface area (Å²) >= 11 is 7.19. The van der Waals surface area contributed by atoms with Crippen molar-refractivity contribution < 1.29 is 4.79 Å². The van der Waals surface area contributed by atoms with Crippen LogP contribution in [0.2, 0.25) is 4.34 Å². The number of carbonyl (C=O) groups is 1. The van der Waals surface area contributed by atoms with Gasteiger partial charge in [-0.3, -0.25) is 10.1 Å². The van der Waals surface area contributed by atoms with Crippen LogP contribution in [0.3, 0.4) is 0 Å². The maximum Gasteiger partial charge on any atom is 0.239 e. The highest BCUT2D eigenvalue weighted by atomic mass is 35.5. The summed E-state index contributed by atoms with van der Waals surface area (Å²) < 4.78 is 0.668. The predicted molar refractivity (Wildman–Crippen MR) is 66.7 cm³/mol. The molecule has 0 aliphatic rings. The molecular formula is C10H16ClN3OS. The van der Waals surface area contributed by atoms with E-state index in [9.17, 15) is 4.79 Å². The van der Waals surface area contributed by atoms with Crippen LogP contribution in [0.1, 0.15) is 18.9 Å². The molecule has 0 saturated heterocycles. The minimum atomic E-state index is -0.201. The molecule has 0 aliphatic heterocycles. The summed E-state index contributed by atoms with van der Waals surface area (Å²) in [6.07, 6.45) is 1.62. The van der Waals surface area contributed by atoms with E-state index in [1.807, 2.05) is 13.8 Å². The Morgan fingerprint density at radius 3 is 2.94 bits per heavy atom. The Morgan fingerprint density at radius 2 is 2.44 bits per heavy atom. The van der Waals surface area contributed by atoms with Crippen LogP contribution in [0.25, 0.3) is 0 Å². The smallest absolute Gasteiger partial charge is 0.239 e. The molecule has 16 heavy (non-hydrogen) atoms. The third-order valence-electron chi connectivity index (χ3n) is 2.31. The molecule has 0 bridgehead atoms. The first-order valence-corrected chi connectivity index (χ1v) is 6.32. The zero-order valence-corrected chi connectivity index (χ0v) is 11.2. The van der Waals surface area contributed by atoms with Crippen molar-refractivity contribution in [3.05, 3.63) is 15.5 Å². The molecule has 0 aliphatic carbocycles. The van der Waals surface area contributed by atoms with Gasteiger partial charge < -0.3 is 4.90 Å². The summed E-state index contributed by atoms with van der Waals surface area (Å²) in [7, 11) is 1.79. The Hall–Kier alpha value is -0.650. The molecule has 1 unspecified atom stereocenters. The van der Waals surface area contributed by atoms with E-state index in [0.717, 1.165) is 5.01 Å². The van der Waals surface area contributed by atoms with E-state index >= 15 is 0 Å². The van der Waals surface area contributed by atoms with Gasteiger partial charge in [0.1, 0.15) is 9.34 Å². The van der Waals surface area contributed by atoms with E-state index in [-0.39, 0.29) is 11.9 Å². The van der Waals surface area contributed by atoms with Gasteiger partial charge in [0.2, 0.25) is 5.91 Å². The first-order chi connectivity index (χ1) is 7.54. The van der Waals surface area contributed by atoms with Gasteiger partial charge in [-0.1, -0.05) is 11.6 Å². The molecule has 0 saturated carbocycles. The highest BCUT2D eigenvalue weighted by Gasteiger charge is 2.15. The van der Waals surface area contributed by atoms with E-state index in [4.69, 9.17) is 11.6 Å². The molecule has 1 N–H and O–H groups in total. The fourth-order valence-corrected chi connectivity index (χ4v) is 2.09. The van der Waals surface area contributed by atoms with Gasteiger partial charge in [0.15, 0.2) is 0 Å². The maximum absolute atomic E-state index is 11.7. The van der Waals surface area contributed by atoms with Gasteiger partial charge >= 0.3 is 0 Å². The molecule has 4 nitrogen and oxygen atoms in total. The molecule has 0 fully saturated rings. The summed E-state index contributed by atoms with van der Waals surface area (Å²) in [5.74, 6) is 0.0881. The van der Waals surface area contributed by atoms with E-state index in [1.54, 1.807) is 18.1 Å². The molecule has 1 aromatic rings. The number of carbonyl (C=O) groups excluding carboxylic acids is 1. The lowest BCUT2D eigenvalue weighted by atomic mass is 10.3. The number of nitrogens with one attached hydrogen (secondary N) is 1.